The fourth-order valence-electron chi connectivity index (χ4n) is 2.13. The van der Waals surface area contributed by atoms with Crippen molar-refractivity contribution in [2.75, 3.05) is 6.61 Å². The maximum absolute atomic E-state index is 11.9. The summed E-state index contributed by atoms with van der Waals surface area (Å²) in [6.07, 6.45) is -0.747. The zero-order valence-electron chi connectivity index (χ0n) is 14.5. The van der Waals surface area contributed by atoms with Gasteiger partial charge >= 0.3 is 0 Å². The Morgan fingerprint density at radius 3 is 2.44 bits per heavy atom. The van der Waals surface area contributed by atoms with Crippen molar-refractivity contribution in [2.45, 2.75) is 26.9 Å². The van der Waals surface area contributed by atoms with Gasteiger partial charge in [0.15, 0.2) is 12.7 Å². The number of nitrogens with one attached hydrogen (secondary N) is 2. The van der Waals surface area contributed by atoms with Crippen molar-refractivity contribution in [3.63, 3.8) is 0 Å². The number of hydrogen-bond acceptors (Lipinski definition) is 4. The fourth-order valence-corrected chi connectivity index (χ4v) is 2.13. The molecule has 1 atom stereocenters. The topological polar surface area (TPSA) is 76.7 Å². The molecular weight excluding hydrogens is 320 g/mol. The molecule has 2 N–H and O–H groups in total. The number of hydrazine groups is 1. The smallest absolute Gasteiger partial charge is 0.279 e. The van der Waals surface area contributed by atoms with Crippen LogP contribution < -0.4 is 20.3 Å². The first-order valence-electron chi connectivity index (χ1n) is 7.96. The molecular formula is C19H22N2O4. The highest BCUT2D eigenvalue weighted by Gasteiger charge is 2.15. The van der Waals surface area contributed by atoms with E-state index in [1.165, 1.54) is 0 Å². The number of carbonyl (C=O) groups excluding carboxylic acids is 2. The van der Waals surface area contributed by atoms with Crippen molar-refractivity contribution in [2.24, 2.45) is 0 Å². The minimum Gasteiger partial charge on any atom is -0.483 e. The number of para-hydroxylation sites is 1. The highest BCUT2D eigenvalue weighted by molar-refractivity contribution is 5.85. The van der Waals surface area contributed by atoms with E-state index in [-0.39, 0.29) is 6.61 Å². The molecule has 0 saturated carbocycles. The van der Waals surface area contributed by atoms with Crippen LogP contribution in [0.15, 0.2) is 48.5 Å². The second kappa shape index (κ2) is 8.73. The third-order valence-electron chi connectivity index (χ3n) is 3.44. The van der Waals surface area contributed by atoms with Crippen molar-refractivity contribution < 1.29 is 19.1 Å². The van der Waals surface area contributed by atoms with E-state index in [9.17, 15) is 9.59 Å². The second-order valence-corrected chi connectivity index (χ2v) is 5.67. The second-order valence-electron chi connectivity index (χ2n) is 5.67. The molecule has 1 unspecified atom stereocenters. The Balaban J connectivity index is 1.74. The van der Waals surface area contributed by atoms with Gasteiger partial charge in [0.2, 0.25) is 0 Å². The van der Waals surface area contributed by atoms with Crippen molar-refractivity contribution >= 4 is 11.8 Å². The van der Waals surface area contributed by atoms with Gasteiger partial charge in [0.25, 0.3) is 11.8 Å². The lowest BCUT2D eigenvalue weighted by Gasteiger charge is -2.15. The Labute approximate surface area is 147 Å². The third kappa shape index (κ3) is 5.84. The van der Waals surface area contributed by atoms with Gasteiger partial charge in [0.05, 0.1) is 0 Å². The highest BCUT2D eigenvalue weighted by Crippen LogP contribution is 2.18. The van der Waals surface area contributed by atoms with E-state index >= 15 is 0 Å². The van der Waals surface area contributed by atoms with Crippen LogP contribution in [-0.4, -0.2) is 24.5 Å². The molecule has 0 aliphatic carbocycles. The van der Waals surface area contributed by atoms with Crippen LogP contribution in [0.2, 0.25) is 0 Å². The molecule has 6 heteroatoms. The van der Waals surface area contributed by atoms with Gasteiger partial charge in [-0.05, 0) is 44.5 Å². The molecule has 2 amide bonds. The molecule has 132 valence electrons. The zero-order valence-corrected chi connectivity index (χ0v) is 14.5. The molecule has 0 aromatic heterocycles. The van der Waals surface area contributed by atoms with Crippen LogP contribution in [0.4, 0.5) is 0 Å². The van der Waals surface area contributed by atoms with Crippen LogP contribution in [0, 0.1) is 13.8 Å². The van der Waals surface area contributed by atoms with Crippen molar-refractivity contribution in [1.29, 1.82) is 0 Å². The first-order chi connectivity index (χ1) is 12.0. The summed E-state index contributed by atoms with van der Waals surface area (Å²) in [7, 11) is 0. The average Bonchev–Trinajstić information content (AvgIpc) is 2.59. The van der Waals surface area contributed by atoms with Gasteiger partial charge in [-0.15, -0.1) is 0 Å². The predicted molar refractivity (Wildman–Crippen MR) is 94.2 cm³/mol. The SMILES string of the molecule is Cc1ccc(OCC(=O)NNC(=O)C(C)Oc2ccccc2)c(C)c1. The fraction of sp³-hybridized carbons (Fsp3) is 0.263. The highest BCUT2D eigenvalue weighted by atomic mass is 16.5. The van der Waals surface area contributed by atoms with Crippen molar-refractivity contribution in [1.82, 2.24) is 10.9 Å². The summed E-state index contributed by atoms with van der Waals surface area (Å²) < 4.78 is 10.9. The summed E-state index contributed by atoms with van der Waals surface area (Å²) in [5.41, 5.74) is 6.69. The number of hydrogen-bond donors (Lipinski definition) is 2. The predicted octanol–water partition coefficient (Wildman–Crippen LogP) is 2.30. The normalized spacial score (nSPS) is 11.3. The molecule has 0 bridgehead atoms. The maximum atomic E-state index is 11.9. The van der Waals surface area contributed by atoms with Crippen molar-refractivity contribution in [3.8, 4) is 11.5 Å². The van der Waals surface area contributed by atoms with E-state index < -0.39 is 17.9 Å². The Bertz CT molecular complexity index is 731. The number of carbonyl (C=O) groups is 2. The van der Waals surface area contributed by atoms with E-state index in [1.54, 1.807) is 19.1 Å². The van der Waals surface area contributed by atoms with Gasteiger partial charge in [0.1, 0.15) is 11.5 Å². The molecule has 0 aliphatic rings. The summed E-state index contributed by atoms with van der Waals surface area (Å²) in [6, 6.07) is 14.7. The molecule has 2 rings (SSSR count). The molecule has 2 aromatic carbocycles. The standard InChI is InChI=1S/C19H22N2O4/c1-13-9-10-17(14(2)11-13)24-12-18(22)20-21-19(23)15(3)25-16-7-5-4-6-8-16/h4-11,15H,12H2,1-3H3,(H,20,22)(H,21,23). The molecule has 0 fully saturated rings. The minimum absolute atomic E-state index is 0.196. The first-order valence-corrected chi connectivity index (χ1v) is 7.96. The Morgan fingerprint density at radius 1 is 1.04 bits per heavy atom. The van der Waals surface area contributed by atoms with Gasteiger partial charge in [0, 0.05) is 0 Å². The molecule has 25 heavy (non-hydrogen) atoms. The summed E-state index contributed by atoms with van der Waals surface area (Å²) >= 11 is 0. The van der Waals surface area contributed by atoms with Gasteiger partial charge in [-0.3, -0.25) is 20.4 Å². The van der Waals surface area contributed by atoms with Crippen LogP contribution in [0.25, 0.3) is 0 Å². The van der Waals surface area contributed by atoms with Crippen LogP contribution in [0.1, 0.15) is 18.1 Å². The van der Waals surface area contributed by atoms with Crippen LogP contribution in [0.3, 0.4) is 0 Å². The van der Waals surface area contributed by atoms with Gasteiger partial charge in [-0.1, -0.05) is 35.9 Å². The van der Waals surface area contributed by atoms with Gasteiger partial charge in [-0.25, -0.2) is 0 Å². The Hall–Kier alpha value is -3.02. The number of aryl methyl sites for hydroxylation is 2. The average molecular weight is 342 g/mol. The van der Waals surface area contributed by atoms with Gasteiger partial charge < -0.3 is 9.47 Å². The molecule has 0 heterocycles. The Kier molecular flexibility index (Phi) is 6.39. The number of amides is 2. The monoisotopic (exact) mass is 342 g/mol. The molecule has 0 saturated heterocycles. The summed E-state index contributed by atoms with van der Waals surface area (Å²) in [6.45, 7) is 5.29. The maximum Gasteiger partial charge on any atom is 0.279 e. The lowest BCUT2D eigenvalue weighted by atomic mass is 10.1. The van der Waals surface area contributed by atoms with E-state index in [4.69, 9.17) is 9.47 Å². The third-order valence-corrected chi connectivity index (χ3v) is 3.44. The number of ether oxygens (including phenoxy) is 2. The zero-order chi connectivity index (χ0) is 18.2. The lowest BCUT2D eigenvalue weighted by Crippen LogP contribution is -2.48. The van der Waals surface area contributed by atoms with Crippen LogP contribution >= 0.6 is 0 Å². The molecule has 0 spiro atoms. The molecule has 0 radical (unpaired) electrons. The van der Waals surface area contributed by atoms with Crippen LogP contribution in [0.5, 0.6) is 11.5 Å². The van der Waals surface area contributed by atoms with Crippen LogP contribution in [-0.2, 0) is 9.59 Å². The van der Waals surface area contributed by atoms with Gasteiger partial charge in [-0.2, -0.15) is 0 Å². The quantitative estimate of drug-likeness (QED) is 0.790. The minimum atomic E-state index is -0.747. The van der Waals surface area contributed by atoms with E-state index in [0.717, 1.165) is 11.1 Å². The number of rotatable bonds is 6. The first kappa shape index (κ1) is 18.3. The summed E-state index contributed by atoms with van der Waals surface area (Å²) in [4.78, 5) is 23.7. The summed E-state index contributed by atoms with van der Waals surface area (Å²) in [5, 5.41) is 0. The Morgan fingerprint density at radius 2 is 1.76 bits per heavy atom. The molecule has 0 aliphatic heterocycles. The van der Waals surface area contributed by atoms with Crippen molar-refractivity contribution in [3.05, 3.63) is 59.7 Å². The largest absolute Gasteiger partial charge is 0.483 e. The molecule has 6 nitrogen and oxygen atoms in total. The van der Waals surface area contributed by atoms with E-state index in [2.05, 4.69) is 10.9 Å². The molecule has 2 aromatic rings. The van der Waals surface area contributed by atoms with E-state index in [1.807, 2.05) is 50.2 Å². The summed E-state index contributed by atoms with van der Waals surface area (Å²) in [5.74, 6) is 0.298. The lowest BCUT2D eigenvalue weighted by molar-refractivity contribution is -0.133. The van der Waals surface area contributed by atoms with E-state index in [0.29, 0.717) is 11.5 Å². The number of benzene rings is 2.